The molecule has 0 bridgehead atoms. The van der Waals surface area contributed by atoms with Gasteiger partial charge in [-0.2, -0.15) is 0 Å². The van der Waals surface area contributed by atoms with Crippen LogP contribution in [-0.4, -0.2) is 43.0 Å². The van der Waals surface area contributed by atoms with E-state index in [0.717, 1.165) is 39.2 Å². The number of carbonyl (C=O) groups excluding carboxylic acids is 1. The summed E-state index contributed by atoms with van der Waals surface area (Å²) in [6.45, 7) is 0. The second-order valence-corrected chi connectivity index (χ2v) is 8.68. The number of carbonyl (C=O) groups is 1. The van der Waals surface area contributed by atoms with Crippen molar-refractivity contribution in [2.45, 2.75) is 11.6 Å². The van der Waals surface area contributed by atoms with Crippen LogP contribution >= 0.6 is 11.8 Å². The van der Waals surface area contributed by atoms with Gasteiger partial charge in [0.2, 0.25) is 5.91 Å². The van der Waals surface area contributed by atoms with Gasteiger partial charge in [0.1, 0.15) is 17.2 Å². The Morgan fingerprint density at radius 2 is 1.49 bits per heavy atom. The molecule has 0 spiro atoms. The maximum atomic E-state index is 12.4. The standard InChI is InChI=1S/C27H27N3O4S/c1-32-21-11-7-18(8-12-21)25-26(19-9-13-22(33-2)14-10-19)30-27(29-25)35-16-15-24(31)28-20-5-4-6-23(17-20)34-3/h4-14,17H,15-16H2,1-3H3,(H,28,31)(H,29,30). The van der Waals surface area contributed by atoms with Crippen LogP contribution in [0.25, 0.3) is 22.5 Å². The maximum absolute atomic E-state index is 12.4. The molecule has 7 nitrogen and oxygen atoms in total. The van der Waals surface area contributed by atoms with Crippen LogP contribution < -0.4 is 19.5 Å². The number of hydrogen-bond donors (Lipinski definition) is 2. The highest BCUT2D eigenvalue weighted by Gasteiger charge is 2.15. The summed E-state index contributed by atoms with van der Waals surface area (Å²) in [5, 5.41) is 3.65. The Bertz CT molecular complexity index is 1210. The highest BCUT2D eigenvalue weighted by atomic mass is 32.2. The molecule has 4 aromatic rings. The molecule has 0 aliphatic carbocycles. The number of ether oxygens (including phenoxy) is 3. The van der Waals surface area contributed by atoms with Gasteiger partial charge in [0.15, 0.2) is 5.16 Å². The quantitative estimate of drug-likeness (QED) is 0.270. The lowest BCUT2D eigenvalue weighted by atomic mass is 10.0. The molecular weight excluding hydrogens is 462 g/mol. The summed E-state index contributed by atoms with van der Waals surface area (Å²) in [6, 6.07) is 22.9. The number of aromatic amines is 1. The number of nitrogens with one attached hydrogen (secondary N) is 2. The van der Waals surface area contributed by atoms with Crippen molar-refractivity contribution >= 4 is 23.4 Å². The first-order valence-electron chi connectivity index (χ1n) is 11.0. The van der Waals surface area contributed by atoms with E-state index in [4.69, 9.17) is 19.2 Å². The van der Waals surface area contributed by atoms with Crippen molar-refractivity contribution in [3.05, 3.63) is 72.8 Å². The lowest BCUT2D eigenvalue weighted by molar-refractivity contribution is -0.115. The Hall–Kier alpha value is -3.91. The lowest BCUT2D eigenvalue weighted by Gasteiger charge is -2.06. The number of H-pyrrole nitrogens is 1. The van der Waals surface area contributed by atoms with E-state index >= 15 is 0 Å². The minimum atomic E-state index is -0.0666. The summed E-state index contributed by atoms with van der Waals surface area (Å²) in [4.78, 5) is 20.7. The predicted molar refractivity (Wildman–Crippen MR) is 140 cm³/mol. The summed E-state index contributed by atoms with van der Waals surface area (Å²) in [5.74, 6) is 2.78. The van der Waals surface area contributed by atoms with Crippen LogP contribution in [0.4, 0.5) is 5.69 Å². The number of benzene rings is 3. The van der Waals surface area contributed by atoms with Gasteiger partial charge in [-0.1, -0.05) is 17.8 Å². The monoisotopic (exact) mass is 489 g/mol. The largest absolute Gasteiger partial charge is 0.497 e. The number of thioether (sulfide) groups is 1. The van der Waals surface area contributed by atoms with Crippen molar-refractivity contribution in [2.75, 3.05) is 32.4 Å². The van der Waals surface area contributed by atoms with E-state index in [-0.39, 0.29) is 5.91 Å². The molecule has 1 heterocycles. The van der Waals surface area contributed by atoms with Crippen LogP contribution in [0.5, 0.6) is 17.2 Å². The SMILES string of the molecule is COc1ccc(-c2nc(SCCC(=O)Nc3cccc(OC)c3)[nH]c2-c2ccc(OC)cc2)cc1. The van der Waals surface area contributed by atoms with Gasteiger partial charge in [0.25, 0.3) is 0 Å². The Kier molecular flexibility index (Phi) is 7.95. The first-order valence-corrected chi connectivity index (χ1v) is 12.0. The van der Waals surface area contributed by atoms with Crippen LogP contribution in [0.1, 0.15) is 6.42 Å². The third kappa shape index (κ3) is 6.16. The number of aromatic nitrogens is 2. The minimum absolute atomic E-state index is 0.0666. The molecule has 1 amide bonds. The van der Waals surface area contributed by atoms with Crippen LogP contribution in [0.2, 0.25) is 0 Å². The molecule has 0 aliphatic heterocycles. The van der Waals surface area contributed by atoms with Crippen LogP contribution in [-0.2, 0) is 4.79 Å². The summed E-state index contributed by atoms with van der Waals surface area (Å²) in [5.41, 5.74) is 4.41. The number of anilines is 1. The molecule has 1 aromatic heterocycles. The average Bonchev–Trinajstić information content (AvgIpc) is 3.33. The Morgan fingerprint density at radius 1 is 0.857 bits per heavy atom. The zero-order valence-corrected chi connectivity index (χ0v) is 20.6. The summed E-state index contributed by atoms with van der Waals surface area (Å²) in [6.07, 6.45) is 0.346. The van der Waals surface area contributed by atoms with Crippen molar-refractivity contribution < 1.29 is 19.0 Å². The van der Waals surface area contributed by atoms with E-state index in [2.05, 4.69) is 10.3 Å². The van der Waals surface area contributed by atoms with E-state index in [1.165, 1.54) is 11.8 Å². The molecule has 35 heavy (non-hydrogen) atoms. The average molecular weight is 490 g/mol. The van der Waals surface area contributed by atoms with Gasteiger partial charge in [0, 0.05) is 35.1 Å². The Morgan fingerprint density at radius 3 is 2.11 bits per heavy atom. The molecule has 0 unspecified atom stereocenters. The summed E-state index contributed by atoms with van der Waals surface area (Å²) < 4.78 is 15.8. The zero-order valence-electron chi connectivity index (χ0n) is 19.8. The molecule has 0 aliphatic rings. The molecule has 0 saturated heterocycles. The van der Waals surface area contributed by atoms with E-state index in [1.807, 2.05) is 66.7 Å². The minimum Gasteiger partial charge on any atom is -0.497 e. The molecule has 2 N–H and O–H groups in total. The molecule has 0 atom stereocenters. The molecule has 0 saturated carbocycles. The zero-order chi connectivity index (χ0) is 24.6. The number of amides is 1. The van der Waals surface area contributed by atoms with Crippen LogP contribution in [0.3, 0.4) is 0 Å². The summed E-state index contributed by atoms with van der Waals surface area (Å²) >= 11 is 1.51. The third-order valence-electron chi connectivity index (χ3n) is 5.35. The third-order valence-corrected chi connectivity index (χ3v) is 6.22. The lowest BCUT2D eigenvalue weighted by Crippen LogP contribution is -2.12. The number of hydrogen-bond acceptors (Lipinski definition) is 6. The summed E-state index contributed by atoms with van der Waals surface area (Å²) in [7, 11) is 4.89. The van der Waals surface area contributed by atoms with Gasteiger partial charge in [-0.3, -0.25) is 4.79 Å². The number of rotatable bonds is 10. The molecule has 4 rings (SSSR count). The van der Waals surface area contributed by atoms with Crippen molar-refractivity contribution in [1.29, 1.82) is 0 Å². The van der Waals surface area contributed by atoms with Crippen LogP contribution in [0, 0.1) is 0 Å². The van der Waals surface area contributed by atoms with Gasteiger partial charge in [0.05, 0.1) is 32.7 Å². The van der Waals surface area contributed by atoms with E-state index in [1.54, 1.807) is 27.4 Å². The Balaban J connectivity index is 1.49. The van der Waals surface area contributed by atoms with Gasteiger partial charge in [-0.25, -0.2) is 4.98 Å². The fourth-order valence-electron chi connectivity index (χ4n) is 3.51. The highest BCUT2D eigenvalue weighted by Crippen LogP contribution is 2.34. The van der Waals surface area contributed by atoms with Gasteiger partial charge in [-0.05, 0) is 60.7 Å². The topological polar surface area (TPSA) is 85.5 Å². The second kappa shape index (κ2) is 11.5. The van der Waals surface area contributed by atoms with Gasteiger partial charge >= 0.3 is 0 Å². The highest BCUT2D eigenvalue weighted by molar-refractivity contribution is 7.99. The van der Waals surface area contributed by atoms with Crippen molar-refractivity contribution in [1.82, 2.24) is 9.97 Å². The molecule has 0 fully saturated rings. The van der Waals surface area contributed by atoms with Crippen molar-refractivity contribution in [3.8, 4) is 39.8 Å². The first kappa shape index (κ1) is 24.2. The fraction of sp³-hybridized carbons (Fsp3) is 0.185. The molecule has 3 aromatic carbocycles. The normalized spacial score (nSPS) is 10.6. The molecular formula is C27H27N3O4S. The Labute approximate surface area is 208 Å². The van der Waals surface area contributed by atoms with Gasteiger partial charge < -0.3 is 24.5 Å². The predicted octanol–water partition coefficient (Wildman–Crippen LogP) is 5.89. The molecule has 0 radical (unpaired) electrons. The maximum Gasteiger partial charge on any atom is 0.225 e. The molecule has 8 heteroatoms. The second-order valence-electron chi connectivity index (χ2n) is 7.60. The van der Waals surface area contributed by atoms with E-state index in [0.29, 0.717) is 23.6 Å². The van der Waals surface area contributed by atoms with Crippen molar-refractivity contribution in [2.24, 2.45) is 0 Å². The number of imidazole rings is 1. The van der Waals surface area contributed by atoms with Crippen LogP contribution in [0.15, 0.2) is 78.0 Å². The first-order chi connectivity index (χ1) is 17.1. The van der Waals surface area contributed by atoms with Crippen molar-refractivity contribution in [3.63, 3.8) is 0 Å². The number of methoxy groups -OCH3 is 3. The smallest absolute Gasteiger partial charge is 0.225 e. The fourth-order valence-corrected chi connectivity index (χ4v) is 4.32. The number of nitrogens with zero attached hydrogens (tertiary/aromatic N) is 1. The molecule has 180 valence electrons. The van der Waals surface area contributed by atoms with E-state index in [9.17, 15) is 4.79 Å². The van der Waals surface area contributed by atoms with Gasteiger partial charge in [-0.15, -0.1) is 0 Å². The van der Waals surface area contributed by atoms with E-state index < -0.39 is 0 Å².